The van der Waals surface area contributed by atoms with Gasteiger partial charge in [0.2, 0.25) is 0 Å². The fourth-order valence-electron chi connectivity index (χ4n) is 1.90. The molecule has 0 amide bonds. The lowest BCUT2D eigenvalue weighted by Gasteiger charge is -2.20. The molecule has 1 aromatic carbocycles. The minimum Gasteiger partial charge on any atom is -0.497 e. The van der Waals surface area contributed by atoms with Gasteiger partial charge in [0.05, 0.1) is 18.3 Å². The van der Waals surface area contributed by atoms with Crippen LogP contribution in [0.4, 0.5) is 0 Å². The molecule has 0 aliphatic heterocycles. The van der Waals surface area contributed by atoms with Crippen LogP contribution >= 0.6 is 0 Å². The number of aryl methyl sites for hydroxylation is 1. The first-order valence-electron chi connectivity index (χ1n) is 6.38. The van der Waals surface area contributed by atoms with Crippen LogP contribution in [0.1, 0.15) is 25.4 Å². The van der Waals surface area contributed by atoms with Crippen LogP contribution in [0.2, 0.25) is 0 Å². The van der Waals surface area contributed by atoms with Gasteiger partial charge in [0.25, 0.3) is 0 Å². The molecule has 0 aliphatic rings. The van der Waals surface area contributed by atoms with E-state index in [1.165, 1.54) is 0 Å². The molecule has 0 atom stereocenters. The summed E-state index contributed by atoms with van der Waals surface area (Å²) in [6.45, 7) is 6.24. The second kappa shape index (κ2) is 5.05. The number of methoxy groups -OCH3 is 1. The van der Waals surface area contributed by atoms with Gasteiger partial charge in [0, 0.05) is 11.3 Å². The quantitative estimate of drug-likeness (QED) is 0.887. The van der Waals surface area contributed by atoms with E-state index in [1.54, 1.807) is 7.11 Å². The van der Waals surface area contributed by atoms with Crippen molar-refractivity contribution in [2.24, 2.45) is 0 Å². The Morgan fingerprint density at radius 1 is 1.21 bits per heavy atom. The second-order valence-electron chi connectivity index (χ2n) is 5.16. The normalized spacial score (nSPS) is 11.6. The van der Waals surface area contributed by atoms with Crippen LogP contribution in [-0.4, -0.2) is 24.1 Å². The van der Waals surface area contributed by atoms with Crippen molar-refractivity contribution >= 4 is 0 Å². The SMILES string of the molecule is CNC(C)(C)c1nc(-c2ccc(OC)cc2)c(C)[nH]1. The summed E-state index contributed by atoms with van der Waals surface area (Å²) in [5, 5.41) is 3.25. The van der Waals surface area contributed by atoms with E-state index in [0.29, 0.717) is 0 Å². The molecule has 0 fully saturated rings. The first kappa shape index (κ1) is 13.6. The summed E-state index contributed by atoms with van der Waals surface area (Å²) in [4.78, 5) is 8.08. The van der Waals surface area contributed by atoms with Crippen molar-refractivity contribution in [3.63, 3.8) is 0 Å². The molecule has 4 heteroatoms. The fraction of sp³-hybridized carbons (Fsp3) is 0.400. The number of nitrogens with one attached hydrogen (secondary N) is 2. The maximum Gasteiger partial charge on any atom is 0.126 e. The fourth-order valence-corrected chi connectivity index (χ4v) is 1.90. The van der Waals surface area contributed by atoms with E-state index in [2.05, 4.69) is 24.1 Å². The highest BCUT2D eigenvalue weighted by atomic mass is 16.5. The third kappa shape index (κ3) is 2.63. The van der Waals surface area contributed by atoms with E-state index in [9.17, 15) is 0 Å². The minimum atomic E-state index is -0.171. The molecule has 1 heterocycles. The molecule has 0 bridgehead atoms. The Balaban J connectivity index is 2.40. The molecular formula is C15H21N3O. The van der Waals surface area contributed by atoms with Gasteiger partial charge in [-0.3, -0.25) is 0 Å². The highest BCUT2D eigenvalue weighted by Crippen LogP contribution is 2.26. The molecule has 0 aliphatic carbocycles. The molecule has 0 unspecified atom stereocenters. The van der Waals surface area contributed by atoms with Crippen LogP contribution in [0.25, 0.3) is 11.3 Å². The summed E-state index contributed by atoms with van der Waals surface area (Å²) >= 11 is 0. The highest BCUT2D eigenvalue weighted by Gasteiger charge is 2.23. The lowest BCUT2D eigenvalue weighted by Crippen LogP contribution is -2.34. The molecular weight excluding hydrogens is 238 g/mol. The third-order valence-electron chi connectivity index (χ3n) is 3.47. The molecule has 0 spiro atoms. The summed E-state index contributed by atoms with van der Waals surface area (Å²) in [6.07, 6.45) is 0. The number of rotatable bonds is 4. The Morgan fingerprint density at radius 2 is 1.84 bits per heavy atom. The van der Waals surface area contributed by atoms with Crippen molar-refractivity contribution in [1.29, 1.82) is 0 Å². The predicted molar refractivity (Wildman–Crippen MR) is 77.4 cm³/mol. The molecule has 2 aromatic rings. The number of nitrogens with zero attached hydrogens (tertiary/aromatic N) is 1. The summed E-state index contributed by atoms with van der Waals surface area (Å²) in [6, 6.07) is 7.95. The molecule has 0 radical (unpaired) electrons. The zero-order valence-electron chi connectivity index (χ0n) is 12.2. The van der Waals surface area contributed by atoms with Gasteiger partial charge in [-0.2, -0.15) is 0 Å². The molecule has 4 nitrogen and oxygen atoms in total. The maximum atomic E-state index is 5.17. The molecule has 1 aromatic heterocycles. The van der Waals surface area contributed by atoms with Crippen molar-refractivity contribution in [1.82, 2.24) is 15.3 Å². The van der Waals surface area contributed by atoms with Gasteiger partial charge in [-0.05, 0) is 52.1 Å². The van der Waals surface area contributed by atoms with Gasteiger partial charge >= 0.3 is 0 Å². The van der Waals surface area contributed by atoms with Crippen molar-refractivity contribution in [3.05, 3.63) is 35.8 Å². The largest absolute Gasteiger partial charge is 0.497 e. The van der Waals surface area contributed by atoms with Crippen molar-refractivity contribution in [2.75, 3.05) is 14.2 Å². The molecule has 2 rings (SSSR count). The minimum absolute atomic E-state index is 0.171. The molecule has 2 N–H and O–H groups in total. The van der Waals surface area contributed by atoms with Crippen molar-refractivity contribution in [3.8, 4) is 17.0 Å². The van der Waals surface area contributed by atoms with Gasteiger partial charge in [-0.15, -0.1) is 0 Å². The number of imidazole rings is 1. The maximum absolute atomic E-state index is 5.17. The van der Waals surface area contributed by atoms with Crippen molar-refractivity contribution < 1.29 is 4.74 Å². The Morgan fingerprint density at radius 3 is 2.37 bits per heavy atom. The lowest BCUT2D eigenvalue weighted by molar-refractivity contribution is 0.415. The summed E-state index contributed by atoms with van der Waals surface area (Å²) in [7, 11) is 3.60. The topological polar surface area (TPSA) is 49.9 Å². The predicted octanol–water partition coefficient (Wildman–Crippen LogP) is 2.85. The van der Waals surface area contributed by atoms with E-state index in [1.807, 2.05) is 38.2 Å². The number of hydrogen-bond donors (Lipinski definition) is 2. The van der Waals surface area contributed by atoms with Crippen LogP contribution in [0.3, 0.4) is 0 Å². The second-order valence-corrected chi connectivity index (χ2v) is 5.16. The van der Waals surface area contributed by atoms with E-state index in [0.717, 1.165) is 28.5 Å². The van der Waals surface area contributed by atoms with E-state index in [-0.39, 0.29) is 5.54 Å². The average molecular weight is 259 g/mol. The van der Waals surface area contributed by atoms with E-state index in [4.69, 9.17) is 9.72 Å². The van der Waals surface area contributed by atoms with Crippen LogP contribution in [0, 0.1) is 6.92 Å². The molecule has 102 valence electrons. The van der Waals surface area contributed by atoms with Crippen molar-refractivity contribution in [2.45, 2.75) is 26.3 Å². The van der Waals surface area contributed by atoms with Crippen LogP contribution in [-0.2, 0) is 5.54 Å². The first-order chi connectivity index (χ1) is 8.97. The van der Waals surface area contributed by atoms with Gasteiger partial charge in [-0.25, -0.2) is 4.98 Å². The van der Waals surface area contributed by atoms with Gasteiger partial charge < -0.3 is 15.0 Å². The lowest BCUT2D eigenvalue weighted by atomic mass is 10.1. The number of aromatic nitrogens is 2. The summed E-state index contributed by atoms with van der Waals surface area (Å²) < 4.78 is 5.17. The average Bonchev–Trinajstić information content (AvgIpc) is 2.82. The van der Waals surface area contributed by atoms with Crippen LogP contribution in [0.15, 0.2) is 24.3 Å². The molecule has 19 heavy (non-hydrogen) atoms. The summed E-state index contributed by atoms with van der Waals surface area (Å²) in [5.41, 5.74) is 2.98. The molecule has 0 saturated carbocycles. The van der Waals surface area contributed by atoms with Gasteiger partial charge in [0.1, 0.15) is 11.6 Å². The van der Waals surface area contributed by atoms with E-state index < -0.39 is 0 Å². The molecule has 0 saturated heterocycles. The smallest absolute Gasteiger partial charge is 0.126 e. The Labute approximate surface area is 114 Å². The van der Waals surface area contributed by atoms with Crippen LogP contribution in [0.5, 0.6) is 5.75 Å². The van der Waals surface area contributed by atoms with Crippen LogP contribution < -0.4 is 10.1 Å². The summed E-state index contributed by atoms with van der Waals surface area (Å²) in [5.74, 6) is 1.80. The highest BCUT2D eigenvalue weighted by molar-refractivity contribution is 5.63. The Bertz CT molecular complexity index is 555. The monoisotopic (exact) mass is 259 g/mol. The zero-order valence-corrected chi connectivity index (χ0v) is 12.2. The third-order valence-corrected chi connectivity index (χ3v) is 3.47. The standard InChI is InChI=1S/C15H21N3O/c1-10-13(11-6-8-12(19-5)9-7-11)18-14(17-10)15(2,3)16-4/h6-9,16H,1-5H3,(H,17,18). The number of H-pyrrole nitrogens is 1. The number of ether oxygens (including phenoxy) is 1. The van der Waals surface area contributed by atoms with Gasteiger partial charge in [-0.1, -0.05) is 0 Å². The van der Waals surface area contributed by atoms with E-state index >= 15 is 0 Å². The number of aromatic amines is 1. The van der Waals surface area contributed by atoms with Gasteiger partial charge in [0.15, 0.2) is 0 Å². The Kier molecular flexibility index (Phi) is 3.62. The Hall–Kier alpha value is -1.81. The first-order valence-corrected chi connectivity index (χ1v) is 6.38. The number of benzene rings is 1. The number of hydrogen-bond acceptors (Lipinski definition) is 3. The zero-order chi connectivity index (χ0) is 14.0.